The van der Waals surface area contributed by atoms with Crippen LogP contribution in [-0.4, -0.2) is 46.3 Å². The van der Waals surface area contributed by atoms with E-state index in [1.165, 1.54) is 18.1 Å². The quantitative estimate of drug-likeness (QED) is 0.640. The molecule has 3 heterocycles. The molecule has 4 rings (SSSR count). The molecule has 0 bridgehead atoms. The lowest BCUT2D eigenvalue weighted by atomic mass is 10.1. The predicted octanol–water partition coefficient (Wildman–Crippen LogP) is 1.36. The van der Waals surface area contributed by atoms with Crippen LogP contribution in [0.25, 0.3) is 0 Å². The molecule has 33 heavy (non-hydrogen) atoms. The molecule has 164 valence electrons. The average Bonchev–Trinajstić information content (AvgIpc) is 3.09. The third-order valence-corrected chi connectivity index (χ3v) is 5.01. The van der Waals surface area contributed by atoms with Crippen LogP contribution in [0.15, 0.2) is 42.6 Å². The van der Waals surface area contributed by atoms with Crippen molar-refractivity contribution in [3.05, 3.63) is 70.9 Å². The molecule has 0 aliphatic carbocycles. The van der Waals surface area contributed by atoms with Crippen LogP contribution in [0.1, 0.15) is 27.3 Å². The molecule has 0 saturated heterocycles. The van der Waals surface area contributed by atoms with Gasteiger partial charge in [0.25, 0.3) is 11.8 Å². The molecule has 0 unspecified atom stereocenters. The lowest BCUT2D eigenvalue weighted by Crippen LogP contribution is -2.49. The summed E-state index contributed by atoms with van der Waals surface area (Å²) in [6, 6.07) is 12.4. The van der Waals surface area contributed by atoms with Crippen LogP contribution in [-0.2, 0) is 11.3 Å². The first-order valence-electron chi connectivity index (χ1n) is 9.74. The number of hydrogen-bond donors (Lipinski definition) is 1. The lowest BCUT2D eigenvalue weighted by Gasteiger charge is -2.19. The fraction of sp³-hybridized carbons (Fsp3) is 0.182. The summed E-state index contributed by atoms with van der Waals surface area (Å²) in [5.41, 5.74) is -0.0830. The topological polar surface area (TPSA) is 137 Å². The summed E-state index contributed by atoms with van der Waals surface area (Å²) in [6.45, 7) is -0.222. The highest BCUT2D eigenvalue weighted by Crippen LogP contribution is 2.27. The molecule has 0 fully saturated rings. The maximum Gasteiger partial charge on any atom is 0.275 e. The average molecular weight is 445 g/mol. The highest BCUT2D eigenvalue weighted by atomic mass is 19.1. The Balaban J connectivity index is 1.57. The Kier molecular flexibility index (Phi) is 5.70. The number of carbonyl (C=O) groups is 2. The molecule has 0 saturated carbocycles. The minimum atomic E-state index is -1.13. The van der Waals surface area contributed by atoms with E-state index in [9.17, 15) is 19.2 Å². The van der Waals surface area contributed by atoms with Crippen LogP contribution in [0.4, 0.5) is 10.2 Å². The SMILES string of the molecule is CN1C(=O)[C@@H](NC(=O)c2nn(Cc3cccc(C#N)c3)c(C#N)c2F)COc2cccnc21. The first kappa shape index (κ1) is 21.5. The number of anilines is 1. The van der Waals surface area contributed by atoms with Crippen LogP contribution >= 0.6 is 0 Å². The monoisotopic (exact) mass is 445 g/mol. The van der Waals surface area contributed by atoms with Crippen LogP contribution in [0, 0.1) is 28.5 Å². The molecule has 1 aliphatic heterocycles. The molecule has 11 heteroatoms. The van der Waals surface area contributed by atoms with E-state index in [0.29, 0.717) is 22.7 Å². The smallest absolute Gasteiger partial charge is 0.275 e. The summed E-state index contributed by atoms with van der Waals surface area (Å²) in [4.78, 5) is 30.9. The first-order valence-corrected chi connectivity index (χ1v) is 9.74. The van der Waals surface area contributed by atoms with Crippen molar-refractivity contribution in [3.8, 4) is 17.9 Å². The number of carbonyl (C=O) groups excluding carboxylic acids is 2. The fourth-order valence-corrected chi connectivity index (χ4v) is 3.38. The number of rotatable bonds is 4. The van der Waals surface area contributed by atoms with Crippen molar-refractivity contribution >= 4 is 17.6 Å². The normalized spacial score (nSPS) is 15.0. The van der Waals surface area contributed by atoms with Gasteiger partial charge in [0.15, 0.2) is 28.8 Å². The first-order chi connectivity index (χ1) is 15.9. The van der Waals surface area contributed by atoms with Crippen molar-refractivity contribution in [2.24, 2.45) is 0 Å². The number of nitriles is 2. The van der Waals surface area contributed by atoms with Gasteiger partial charge in [0.1, 0.15) is 18.7 Å². The number of likely N-dealkylation sites (N-methyl/N-ethyl adjacent to an activating group) is 1. The number of ether oxygens (including phenoxy) is 1. The van der Waals surface area contributed by atoms with Gasteiger partial charge in [-0.1, -0.05) is 12.1 Å². The lowest BCUT2D eigenvalue weighted by molar-refractivity contribution is -0.120. The van der Waals surface area contributed by atoms with Gasteiger partial charge in [-0.25, -0.2) is 14.1 Å². The van der Waals surface area contributed by atoms with Crippen molar-refractivity contribution in [2.75, 3.05) is 18.6 Å². The number of halogens is 1. The molecule has 2 aromatic heterocycles. The Hall–Kier alpha value is -4.77. The Labute approximate surface area is 187 Å². The largest absolute Gasteiger partial charge is 0.487 e. The van der Waals surface area contributed by atoms with Gasteiger partial charge in [-0.3, -0.25) is 14.5 Å². The number of amides is 2. The molecule has 1 N–H and O–H groups in total. The molecule has 3 aromatic rings. The Morgan fingerprint density at radius 1 is 1.30 bits per heavy atom. The van der Waals surface area contributed by atoms with Gasteiger partial charge in [-0.15, -0.1) is 0 Å². The second-order valence-corrected chi connectivity index (χ2v) is 7.15. The van der Waals surface area contributed by atoms with Crippen molar-refractivity contribution in [1.29, 1.82) is 10.5 Å². The number of benzene rings is 1. The van der Waals surface area contributed by atoms with Crippen molar-refractivity contribution in [1.82, 2.24) is 20.1 Å². The standard InChI is InChI=1S/C22H16FN7O3/c1-29-20-17(6-3-7-26-20)33-12-15(22(29)32)27-21(31)19-18(23)16(10-25)30(28-19)11-14-5-2-4-13(8-14)9-24/h2-8,15H,11-12H2,1H3,(H,27,31)/t15-/m0/s1. The number of nitrogens with zero attached hydrogens (tertiary/aromatic N) is 6. The fourth-order valence-electron chi connectivity index (χ4n) is 3.38. The molecule has 1 aliphatic rings. The maximum atomic E-state index is 14.9. The second kappa shape index (κ2) is 8.77. The molecule has 2 amide bonds. The molecule has 0 spiro atoms. The van der Waals surface area contributed by atoms with E-state index in [1.807, 2.05) is 6.07 Å². The van der Waals surface area contributed by atoms with E-state index in [-0.39, 0.29) is 13.2 Å². The molecule has 1 atom stereocenters. The summed E-state index contributed by atoms with van der Waals surface area (Å²) >= 11 is 0. The number of nitrogens with one attached hydrogen (secondary N) is 1. The molecular formula is C22H16FN7O3. The number of aromatic nitrogens is 3. The van der Waals surface area contributed by atoms with Crippen LogP contribution < -0.4 is 15.0 Å². The van der Waals surface area contributed by atoms with E-state index in [1.54, 1.807) is 42.5 Å². The van der Waals surface area contributed by atoms with Crippen LogP contribution in [0.3, 0.4) is 0 Å². The summed E-state index contributed by atoms with van der Waals surface area (Å²) in [7, 11) is 1.49. The zero-order chi connectivity index (χ0) is 23.5. The van der Waals surface area contributed by atoms with Crippen LogP contribution in [0.5, 0.6) is 5.75 Å². The summed E-state index contributed by atoms with van der Waals surface area (Å²) in [5.74, 6) is -1.92. The number of hydrogen-bond acceptors (Lipinski definition) is 7. The van der Waals surface area contributed by atoms with Gasteiger partial charge in [-0.05, 0) is 29.8 Å². The van der Waals surface area contributed by atoms with Gasteiger partial charge in [0, 0.05) is 13.2 Å². The van der Waals surface area contributed by atoms with Gasteiger partial charge in [-0.2, -0.15) is 15.6 Å². The second-order valence-electron chi connectivity index (χ2n) is 7.15. The Morgan fingerprint density at radius 2 is 2.12 bits per heavy atom. The van der Waals surface area contributed by atoms with E-state index in [0.717, 1.165) is 4.68 Å². The van der Waals surface area contributed by atoms with Gasteiger partial charge >= 0.3 is 0 Å². The molecule has 10 nitrogen and oxygen atoms in total. The number of fused-ring (bicyclic) bond motifs is 1. The van der Waals surface area contributed by atoms with Crippen molar-refractivity contribution in [2.45, 2.75) is 12.6 Å². The Bertz CT molecular complexity index is 1340. The summed E-state index contributed by atoms with van der Waals surface area (Å²) in [5, 5.41) is 24.8. The minimum absolute atomic E-state index is 0.0300. The highest BCUT2D eigenvalue weighted by Gasteiger charge is 2.33. The van der Waals surface area contributed by atoms with Gasteiger partial charge in [0.2, 0.25) is 0 Å². The van der Waals surface area contributed by atoms with E-state index in [4.69, 9.17) is 10.00 Å². The van der Waals surface area contributed by atoms with Crippen LogP contribution in [0.2, 0.25) is 0 Å². The molecular weight excluding hydrogens is 429 g/mol. The van der Waals surface area contributed by atoms with Crippen molar-refractivity contribution < 1.29 is 18.7 Å². The predicted molar refractivity (Wildman–Crippen MR) is 112 cm³/mol. The van der Waals surface area contributed by atoms with Gasteiger partial charge in [0.05, 0.1) is 18.2 Å². The summed E-state index contributed by atoms with van der Waals surface area (Å²) in [6.07, 6.45) is 1.50. The molecule has 1 aromatic carbocycles. The number of pyridine rings is 1. The zero-order valence-corrected chi connectivity index (χ0v) is 17.3. The summed E-state index contributed by atoms with van der Waals surface area (Å²) < 4.78 is 21.5. The maximum absolute atomic E-state index is 14.9. The van der Waals surface area contributed by atoms with Gasteiger partial charge < -0.3 is 10.1 Å². The van der Waals surface area contributed by atoms with E-state index < -0.39 is 35.1 Å². The Morgan fingerprint density at radius 3 is 2.88 bits per heavy atom. The van der Waals surface area contributed by atoms with Crippen molar-refractivity contribution in [3.63, 3.8) is 0 Å². The van der Waals surface area contributed by atoms with E-state index in [2.05, 4.69) is 15.4 Å². The van der Waals surface area contributed by atoms with E-state index >= 15 is 0 Å². The third kappa shape index (κ3) is 4.07. The third-order valence-electron chi connectivity index (χ3n) is 5.01. The minimum Gasteiger partial charge on any atom is -0.487 e. The zero-order valence-electron chi connectivity index (χ0n) is 17.3. The molecule has 0 radical (unpaired) electrons. The highest BCUT2D eigenvalue weighted by molar-refractivity contribution is 6.02.